The van der Waals surface area contributed by atoms with Crippen molar-refractivity contribution in [2.45, 2.75) is 53.1 Å². The molecule has 0 radical (unpaired) electrons. The molecule has 0 heterocycles. The molecule has 2 heteroatoms. The average molecular weight is 260 g/mol. The lowest BCUT2D eigenvalue weighted by Gasteiger charge is -2.27. The highest BCUT2D eigenvalue weighted by Crippen LogP contribution is 2.23. The van der Waals surface area contributed by atoms with Crippen molar-refractivity contribution in [3.05, 3.63) is 29.3 Å². The first-order valence-electron chi connectivity index (χ1n) is 7.68. The summed E-state index contributed by atoms with van der Waals surface area (Å²) in [5, 5.41) is 3.58. The zero-order chi connectivity index (χ0) is 13.8. The predicted molar refractivity (Wildman–Crippen MR) is 83.8 cm³/mol. The van der Waals surface area contributed by atoms with Crippen molar-refractivity contribution in [2.24, 2.45) is 5.92 Å². The molecule has 0 spiro atoms. The summed E-state index contributed by atoms with van der Waals surface area (Å²) in [6, 6.07) is 7.70. The summed E-state index contributed by atoms with van der Waals surface area (Å²) < 4.78 is 0. The van der Waals surface area contributed by atoms with Crippen LogP contribution < -0.4 is 10.2 Å². The highest BCUT2D eigenvalue weighted by molar-refractivity contribution is 5.54. The van der Waals surface area contributed by atoms with Gasteiger partial charge in [0.2, 0.25) is 0 Å². The number of nitrogens with zero attached hydrogens (tertiary/aromatic N) is 1. The molecule has 0 amide bonds. The third-order valence-electron chi connectivity index (χ3n) is 3.74. The van der Waals surface area contributed by atoms with Crippen molar-refractivity contribution in [1.29, 1.82) is 0 Å². The molecular weight excluding hydrogens is 232 g/mol. The zero-order valence-electron chi connectivity index (χ0n) is 12.9. The molecule has 106 valence electrons. The van der Waals surface area contributed by atoms with E-state index in [1.807, 2.05) is 0 Å². The molecule has 0 unspecified atom stereocenters. The Hall–Kier alpha value is -1.02. The quantitative estimate of drug-likeness (QED) is 0.803. The van der Waals surface area contributed by atoms with Crippen LogP contribution in [-0.4, -0.2) is 19.1 Å². The van der Waals surface area contributed by atoms with Gasteiger partial charge in [-0.3, -0.25) is 0 Å². The second-order valence-corrected chi connectivity index (χ2v) is 6.21. The first kappa shape index (κ1) is 14.4. The Morgan fingerprint density at radius 2 is 2.05 bits per heavy atom. The minimum Gasteiger partial charge on any atom is -0.371 e. The van der Waals surface area contributed by atoms with Crippen LogP contribution in [0.25, 0.3) is 0 Å². The molecule has 0 bridgehead atoms. The van der Waals surface area contributed by atoms with Gasteiger partial charge in [0.1, 0.15) is 0 Å². The van der Waals surface area contributed by atoms with Crippen molar-refractivity contribution in [3.63, 3.8) is 0 Å². The fraction of sp³-hybridized carbons (Fsp3) is 0.647. The maximum absolute atomic E-state index is 3.58. The van der Waals surface area contributed by atoms with Crippen LogP contribution >= 0.6 is 0 Å². The van der Waals surface area contributed by atoms with Crippen LogP contribution in [0.4, 0.5) is 5.69 Å². The first-order valence-corrected chi connectivity index (χ1v) is 7.68. The highest BCUT2D eigenvalue weighted by Gasteiger charge is 2.20. The average Bonchev–Trinajstić information content (AvgIpc) is 3.18. The van der Waals surface area contributed by atoms with E-state index < -0.39 is 0 Å². The number of nitrogens with one attached hydrogen (secondary N) is 1. The highest BCUT2D eigenvalue weighted by atomic mass is 15.1. The molecule has 1 saturated carbocycles. The normalized spacial score (nSPS) is 15.0. The van der Waals surface area contributed by atoms with Gasteiger partial charge in [0.25, 0.3) is 0 Å². The standard InChI is InChI=1S/C17H28N2/c1-5-19(12-13(2)3)17-9-6-15(10-14(17)4)11-18-16-7-8-16/h6,9-10,13,16,18H,5,7-8,11-12H2,1-4H3. The van der Waals surface area contributed by atoms with Gasteiger partial charge in [0, 0.05) is 31.4 Å². The number of anilines is 1. The topological polar surface area (TPSA) is 15.3 Å². The second-order valence-electron chi connectivity index (χ2n) is 6.21. The second kappa shape index (κ2) is 6.42. The summed E-state index contributed by atoms with van der Waals surface area (Å²) >= 11 is 0. The minimum absolute atomic E-state index is 0.704. The molecule has 19 heavy (non-hydrogen) atoms. The van der Waals surface area contributed by atoms with Gasteiger partial charge in [0.15, 0.2) is 0 Å². The van der Waals surface area contributed by atoms with Gasteiger partial charge in [-0.2, -0.15) is 0 Å². The lowest BCUT2D eigenvalue weighted by Crippen LogP contribution is -2.28. The lowest BCUT2D eigenvalue weighted by molar-refractivity contribution is 0.617. The van der Waals surface area contributed by atoms with Gasteiger partial charge in [-0.05, 0) is 49.8 Å². The van der Waals surface area contributed by atoms with Crippen molar-refractivity contribution in [1.82, 2.24) is 5.32 Å². The van der Waals surface area contributed by atoms with Crippen molar-refractivity contribution in [3.8, 4) is 0 Å². The van der Waals surface area contributed by atoms with E-state index in [4.69, 9.17) is 0 Å². The third kappa shape index (κ3) is 4.24. The van der Waals surface area contributed by atoms with E-state index in [0.29, 0.717) is 5.92 Å². The van der Waals surface area contributed by atoms with E-state index in [9.17, 15) is 0 Å². The number of hydrogen-bond donors (Lipinski definition) is 1. The summed E-state index contributed by atoms with van der Waals surface area (Å²) in [5.41, 5.74) is 4.21. The van der Waals surface area contributed by atoms with E-state index in [-0.39, 0.29) is 0 Å². The van der Waals surface area contributed by atoms with Crippen LogP contribution in [0.3, 0.4) is 0 Å². The Kier molecular flexibility index (Phi) is 4.87. The largest absolute Gasteiger partial charge is 0.371 e. The predicted octanol–water partition coefficient (Wildman–Crippen LogP) is 3.73. The summed E-state index contributed by atoms with van der Waals surface area (Å²) in [6.45, 7) is 12.3. The van der Waals surface area contributed by atoms with E-state index in [2.05, 4.69) is 56.1 Å². The fourth-order valence-electron chi connectivity index (χ4n) is 2.57. The Morgan fingerprint density at radius 3 is 2.58 bits per heavy atom. The molecule has 1 aliphatic rings. The molecule has 2 rings (SSSR count). The van der Waals surface area contributed by atoms with Crippen molar-refractivity contribution in [2.75, 3.05) is 18.0 Å². The third-order valence-corrected chi connectivity index (χ3v) is 3.74. The van der Waals surface area contributed by atoms with Gasteiger partial charge in [0.05, 0.1) is 0 Å². The first-order chi connectivity index (χ1) is 9.10. The Labute approximate surface area is 118 Å². The van der Waals surface area contributed by atoms with Gasteiger partial charge in [-0.15, -0.1) is 0 Å². The van der Waals surface area contributed by atoms with Crippen LogP contribution in [0.15, 0.2) is 18.2 Å². The number of benzene rings is 1. The Balaban J connectivity index is 2.03. The Morgan fingerprint density at radius 1 is 1.32 bits per heavy atom. The number of hydrogen-bond acceptors (Lipinski definition) is 2. The molecule has 0 saturated heterocycles. The van der Waals surface area contributed by atoms with Crippen molar-refractivity contribution < 1.29 is 0 Å². The fourth-order valence-corrected chi connectivity index (χ4v) is 2.57. The maximum Gasteiger partial charge on any atom is 0.0396 e. The molecule has 0 atom stereocenters. The molecule has 1 aromatic carbocycles. The van der Waals surface area contributed by atoms with Gasteiger partial charge < -0.3 is 10.2 Å². The molecule has 1 N–H and O–H groups in total. The summed E-state index contributed by atoms with van der Waals surface area (Å²) in [5.74, 6) is 0.704. The van der Waals surface area contributed by atoms with Crippen LogP contribution in [0.2, 0.25) is 0 Å². The number of aryl methyl sites for hydroxylation is 1. The van der Waals surface area contributed by atoms with Gasteiger partial charge >= 0.3 is 0 Å². The molecule has 2 nitrogen and oxygen atoms in total. The van der Waals surface area contributed by atoms with Gasteiger partial charge in [-0.1, -0.05) is 26.0 Å². The number of rotatable bonds is 7. The summed E-state index contributed by atoms with van der Waals surface area (Å²) in [6.07, 6.45) is 2.71. The van der Waals surface area contributed by atoms with E-state index in [1.165, 1.54) is 29.7 Å². The van der Waals surface area contributed by atoms with E-state index in [1.54, 1.807) is 0 Å². The molecule has 0 aliphatic heterocycles. The summed E-state index contributed by atoms with van der Waals surface area (Å²) in [7, 11) is 0. The maximum atomic E-state index is 3.58. The Bertz CT molecular complexity index is 408. The van der Waals surface area contributed by atoms with Crippen LogP contribution in [0.1, 0.15) is 44.7 Å². The van der Waals surface area contributed by atoms with Crippen LogP contribution in [0.5, 0.6) is 0 Å². The molecule has 1 aliphatic carbocycles. The van der Waals surface area contributed by atoms with Gasteiger partial charge in [-0.25, -0.2) is 0 Å². The van der Waals surface area contributed by atoms with Crippen LogP contribution in [-0.2, 0) is 6.54 Å². The smallest absolute Gasteiger partial charge is 0.0396 e. The molecule has 0 aromatic heterocycles. The SMILES string of the molecule is CCN(CC(C)C)c1ccc(CNC2CC2)cc1C. The zero-order valence-corrected chi connectivity index (χ0v) is 12.9. The lowest BCUT2D eigenvalue weighted by atomic mass is 10.1. The minimum atomic E-state index is 0.704. The molecule has 1 fully saturated rings. The molecule has 1 aromatic rings. The summed E-state index contributed by atoms with van der Waals surface area (Å²) in [4.78, 5) is 2.48. The van der Waals surface area contributed by atoms with Crippen LogP contribution in [0, 0.1) is 12.8 Å². The van der Waals surface area contributed by atoms with E-state index >= 15 is 0 Å². The monoisotopic (exact) mass is 260 g/mol. The molecular formula is C17H28N2. The van der Waals surface area contributed by atoms with Crippen molar-refractivity contribution >= 4 is 5.69 Å². The van der Waals surface area contributed by atoms with E-state index in [0.717, 1.165) is 25.7 Å².